The number of hydrogen-bond acceptors (Lipinski definition) is 4. The van der Waals surface area contributed by atoms with Gasteiger partial charge in [-0.25, -0.2) is 4.99 Å². The van der Waals surface area contributed by atoms with E-state index in [0.29, 0.717) is 17.6 Å². The van der Waals surface area contributed by atoms with E-state index < -0.39 is 5.25 Å². The number of carbonyl (C=O) groups excluding carboxylic acids is 2. The van der Waals surface area contributed by atoms with Crippen LogP contribution < -0.4 is 10.6 Å². The molecule has 1 aromatic carbocycles. The lowest BCUT2D eigenvalue weighted by atomic mass is 10.1. The summed E-state index contributed by atoms with van der Waals surface area (Å²) in [7, 11) is 0. The molecule has 1 aliphatic rings. The van der Waals surface area contributed by atoms with E-state index in [1.54, 1.807) is 0 Å². The summed E-state index contributed by atoms with van der Waals surface area (Å²) in [4.78, 5) is 28.6. The average molecular weight is 347 g/mol. The Morgan fingerprint density at radius 2 is 2.00 bits per heavy atom. The SMILES string of the molecule is Cc1cccc(C)c1N=C1NC(=O)[C@@H](CC(=O)NCCC(C)C)S1. The quantitative estimate of drug-likeness (QED) is 0.831. The fraction of sp³-hybridized carbons (Fsp3) is 0.500. The molecule has 24 heavy (non-hydrogen) atoms. The van der Waals surface area contributed by atoms with E-state index in [9.17, 15) is 9.59 Å². The molecule has 2 amide bonds. The molecule has 5 nitrogen and oxygen atoms in total. The highest BCUT2D eigenvalue weighted by Gasteiger charge is 2.32. The van der Waals surface area contributed by atoms with E-state index in [1.165, 1.54) is 11.8 Å². The minimum absolute atomic E-state index is 0.0865. The summed E-state index contributed by atoms with van der Waals surface area (Å²) in [6.07, 6.45) is 1.12. The van der Waals surface area contributed by atoms with Crippen LogP contribution in [0.25, 0.3) is 0 Å². The van der Waals surface area contributed by atoms with Crippen LogP contribution in [0.5, 0.6) is 0 Å². The Balaban J connectivity index is 1.96. The van der Waals surface area contributed by atoms with Gasteiger partial charge in [-0.05, 0) is 37.3 Å². The topological polar surface area (TPSA) is 70.6 Å². The lowest BCUT2D eigenvalue weighted by molar-refractivity contribution is -0.125. The third kappa shape index (κ3) is 5.09. The number of nitrogens with zero attached hydrogens (tertiary/aromatic N) is 1. The van der Waals surface area contributed by atoms with Crippen LogP contribution in [-0.4, -0.2) is 28.8 Å². The molecule has 1 heterocycles. The van der Waals surface area contributed by atoms with Gasteiger partial charge in [-0.3, -0.25) is 9.59 Å². The maximum atomic E-state index is 12.1. The van der Waals surface area contributed by atoms with Gasteiger partial charge in [0.05, 0.1) is 5.69 Å². The van der Waals surface area contributed by atoms with Crippen molar-refractivity contribution >= 4 is 34.4 Å². The predicted molar refractivity (Wildman–Crippen MR) is 99.6 cm³/mol. The van der Waals surface area contributed by atoms with Crippen LogP contribution in [0.1, 0.15) is 37.8 Å². The summed E-state index contributed by atoms with van der Waals surface area (Å²) in [6, 6.07) is 5.97. The zero-order valence-electron chi connectivity index (χ0n) is 14.7. The van der Waals surface area contributed by atoms with Gasteiger partial charge in [0.15, 0.2) is 5.17 Å². The van der Waals surface area contributed by atoms with E-state index in [4.69, 9.17) is 0 Å². The van der Waals surface area contributed by atoms with Crippen molar-refractivity contribution in [1.82, 2.24) is 10.6 Å². The Morgan fingerprint density at radius 3 is 2.62 bits per heavy atom. The number of hydrogen-bond donors (Lipinski definition) is 2. The average Bonchev–Trinajstić information content (AvgIpc) is 2.82. The van der Waals surface area contributed by atoms with Gasteiger partial charge in [-0.15, -0.1) is 0 Å². The number of rotatable bonds is 6. The van der Waals surface area contributed by atoms with E-state index in [2.05, 4.69) is 29.5 Å². The minimum atomic E-state index is -0.410. The van der Waals surface area contributed by atoms with Crippen LogP contribution in [0.15, 0.2) is 23.2 Å². The molecule has 1 atom stereocenters. The van der Waals surface area contributed by atoms with Gasteiger partial charge in [0.2, 0.25) is 11.8 Å². The zero-order chi connectivity index (χ0) is 17.7. The summed E-state index contributed by atoms with van der Waals surface area (Å²) in [5, 5.41) is 5.81. The number of nitrogens with one attached hydrogen (secondary N) is 2. The molecular formula is C18H25N3O2S. The molecule has 130 valence electrons. The summed E-state index contributed by atoms with van der Waals surface area (Å²) in [6.45, 7) is 8.87. The second-order valence-electron chi connectivity index (χ2n) is 6.49. The first kappa shape index (κ1) is 18.5. The summed E-state index contributed by atoms with van der Waals surface area (Å²) < 4.78 is 0. The van der Waals surface area contributed by atoms with E-state index in [-0.39, 0.29) is 18.2 Å². The molecule has 2 N–H and O–H groups in total. The molecule has 1 aliphatic heterocycles. The van der Waals surface area contributed by atoms with Crippen molar-refractivity contribution in [1.29, 1.82) is 0 Å². The molecule has 1 aromatic rings. The van der Waals surface area contributed by atoms with Gasteiger partial charge in [0.25, 0.3) is 0 Å². The Morgan fingerprint density at radius 1 is 1.33 bits per heavy atom. The number of benzene rings is 1. The molecule has 1 fully saturated rings. The predicted octanol–water partition coefficient (Wildman–Crippen LogP) is 3.07. The van der Waals surface area contributed by atoms with Gasteiger partial charge >= 0.3 is 0 Å². The number of aryl methyl sites for hydroxylation is 2. The highest BCUT2D eigenvalue weighted by atomic mass is 32.2. The van der Waals surface area contributed by atoms with Crippen molar-refractivity contribution in [2.24, 2.45) is 10.9 Å². The van der Waals surface area contributed by atoms with E-state index in [1.807, 2.05) is 32.0 Å². The summed E-state index contributed by atoms with van der Waals surface area (Å²) in [5.74, 6) is 0.311. The molecule has 6 heteroatoms. The number of carbonyl (C=O) groups is 2. The molecule has 1 saturated heterocycles. The molecule has 0 saturated carbocycles. The maximum absolute atomic E-state index is 12.1. The fourth-order valence-electron chi connectivity index (χ4n) is 2.42. The van der Waals surface area contributed by atoms with Crippen molar-refractivity contribution in [3.05, 3.63) is 29.3 Å². The van der Waals surface area contributed by atoms with Crippen molar-refractivity contribution in [2.45, 2.75) is 45.8 Å². The van der Waals surface area contributed by atoms with Crippen molar-refractivity contribution in [3.8, 4) is 0 Å². The van der Waals surface area contributed by atoms with Crippen LogP contribution >= 0.6 is 11.8 Å². The second kappa shape index (κ2) is 8.33. The molecule has 2 rings (SSSR count). The van der Waals surface area contributed by atoms with Crippen LogP contribution in [0.2, 0.25) is 0 Å². The Labute approximate surface area is 147 Å². The van der Waals surface area contributed by atoms with Crippen molar-refractivity contribution < 1.29 is 9.59 Å². The molecule has 0 aromatic heterocycles. The maximum Gasteiger partial charge on any atom is 0.240 e. The largest absolute Gasteiger partial charge is 0.356 e. The van der Waals surface area contributed by atoms with Gasteiger partial charge in [0, 0.05) is 13.0 Å². The van der Waals surface area contributed by atoms with Crippen molar-refractivity contribution in [2.75, 3.05) is 6.54 Å². The molecule has 0 bridgehead atoms. The third-order valence-corrected chi connectivity index (χ3v) is 4.93. The van der Waals surface area contributed by atoms with Gasteiger partial charge in [-0.1, -0.05) is 43.8 Å². The van der Waals surface area contributed by atoms with E-state index in [0.717, 1.165) is 23.2 Å². The van der Waals surface area contributed by atoms with Gasteiger partial charge in [0.1, 0.15) is 5.25 Å². The number of thioether (sulfide) groups is 1. The number of amides is 2. The fourth-order valence-corrected chi connectivity index (χ4v) is 3.39. The first-order valence-corrected chi connectivity index (χ1v) is 9.14. The van der Waals surface area contributed by atoms with Gasteiger partial charge in [-0.2, -0.15) is 0 Å². The number of aliphatic imine (C=N–C) groups is 1. The monoisotopic (exact) mass is 347 g/mol. The lowest BCUT2D eigenvalue weighted by Gasteiger charge is -2.08. The molecule has 0 spiro atoms. The molecular weight excluding hydrogens is 322 g/mol. The second-order valence-corrected chi connectivity index (χ2v) is 7.68. The molecule has 0 unspecified atom stereocenters. The smallest absolute Gasteiger partial charge is 0.240 e. The number of amidine groups is 1. The van der Waals surface area contributed by atoms with Crippen LogP contribution in [-0.2, 0) is 9.59 Å². The standard InChI is InChI=1S/C18H25N3O2S/c1-11(2)8-9-19-15(22)10-14-17(23)21-18(24-14)20-16-12(3)6-5-7-13(16)4/h5-7,11,14H,8-10H2,1-4H3,(H,19,22)(H,20,21,23)/t14-/m1/s1. The van der Waals surface area contributed by atoms with E-state index >= 15 is 0 Å². The first-order chi connectivity index (χ1) is 11.4. The summed E-state index contributed by atoms with van der Waals surface area (Å²) in [5.41, 5.74) is 3.00. The minimum Gasteiger partial charge on any atom is -0.356 e. The Kier molecular flexibility index (Phi) is 6.43. The Hall–Kier alpha value is -1.82. The highest BCUT2D eigenvalue weighted by molar-refractivity contribution is 8.15. The summed E-state index contributed by atoms with van der Waals surface area (Å²) >= 11 is 1.33. The lowest BCUT2D eigenvalue weighted by Crippen LogP contribution is -2.32. The zero-order valence-corrected chi connectivity index (χ0v) is 15.5. The van der Waals surface area contributed by atoms with Gasteiger partial charge < -0.3 is 10.6 Å². The molecule has 0 aliphatic carbocycles. The van der Waals surface area contributed by atoms with Crippen LogP contribution in [0.4, 0.5) is 5.69 Å². The molecule has 0 radical (unpaired) electrons. The Bertz CT molecular complexity index is 635. The first-order valence-electron chi connectivity index (χ1n) is 8.26. The number of para-hydroxylation sites is 1. The third-order valence-electron chi connectivity index (χ3n) is 3.84. The van der Waals surface area contributed by atoms with Crippen molar-refractivity contribution in [3.63, 3.8) is 0 Å². The van der Waals surface area contributed by atoms with Crippen LogP contribution in [0, 0.1) is 19.8 Å². The highest BCUT2D eigenvalue weighted by Crippen LogP contribution is 2.28. The normalized spacial score (nSPS) is 19.0. The van der Waals surface area contributed by atoms with Crippen LogP contribution in [0.3, 0.4) is 0 Å².